The van der Waals surface area contributed by atoms with Gasteiger partial charge in [0.1, 0.15) is 0 Å². The van der Waals surface area contributed by atoms with Crippen molar-refractivity contribution in [2.24, 2.45) is 10.9 Å². The normalized spacial score (nSPS) is 17.0. The molecule has 4 nitrogen and oxygen atoms in total. The SMILES string of the molecule is CN=C(NCCCN1CCC(C)CC1)NCc1ccc(SC)cc1. The van der Waals surface area contributed by atoms with E-state index < -0.39 is 0 Å². The summed E-state index contributed by atoms with van der Waals surface area (Å²) in [6.45, 7) is 7.85. The van der Waals surface area contributed by atoms with Crippen molar-refractivity contribution in [3.63, 3.8) is 0 Å². The van der Waals surface area contributed by atoms with Gasteiger partial charge in [0.05, 0.1) is 0 Å². The number of likely N-dealkylation sites (tertiary alicyclic amines) is 1. The molecule has 1 aliphatic heterocycles. The summed E-state index contributed by atoms with van der Waals surface area (Å²) in [7, 11) is 1.83. The second-order valence-corrected chi connectivity index (χ2v) is 7.46. The van der Waals surface area contributed by atoms with Crippen LogP contribution in [-0.2, 0) is 6.54 Å². The van der Waals surface area contributed by atoms with Crippen LogP contribution in [0.3, 0.4) is 0 Å². The van der Waals surface area contributed by atoms with Crippen LogP contribution in [0.4, 0.5) is 0 Å². The third-order valence-corrected chi connectivity index (χ3v) is 5.41. The summed E-state index contributed by atoms with van der Waals surface area (Å²) in [5.74, 6) is 1.79. The predicted molar refractivity (Wildman–Crippen MR) is 106 cm³/mol. The molecule has 1 aromatic rings. The van der Waals surface area contributed by atoms with Crippen LogP contribution in [0, 0.1) is 5.92 Å². The van der Waals surface area contributed by atoms with Gasteiger partial charge in [0.2, 0.25) is 0 Å². The molecule has 1 aliphatic rings. The van der Waals surface area contributed by atoms with Crippen molar-refractivity contribution in [3.05, 3.63) is 29.8 Å². The molecule has 0 unspecified atom stereocenters. The molecule has 5 heteroatoms. The van der Waals surface area contributed by atoms with Gasteiger partial charge in [-0.2, -0.15) is 0 Å². The summed E-state index contributed by atoms with van der Waals surface area (Å²) >= 11 is 1.77. The molecule has 0 aliphatic carbocycles. The van der Waals surface area contributed by atoms with E-state index in [1.165, 1.54) is 42.9 Å². The van der Waals surface area contributed by atoms with E-state index in [2.05, 4.69) is 58.0 Å². The highest BCUT2D eigenvalue weighted by Crippen LogP contribution is 2.16. The van der Waals surface area contributed by atoms with Crippen LogP contribution in [0.15, 0.2) is 34.2 Å². The smallest absolute Gasteiger partial charge is 0.191 e. The van der Waals surface area contributed by atoms with Crippen molar-refractivity contribution in [2.75, 3.05) is 39.5 Å². The number of hydrogen-bond acceptors (Lipinski definition) is 3. The van der Waals surface area contributed by atoms with Crippen LogP contribution in [0.2, 0.25) is 0 Å². The lowest BCUT2D eigenvalue weighted by Crippen LogP contribution is -2.39. The maximum atomic E-state index is 4.31. The molecular formula is C19H32N4S. The molecule has 0 spiro atoms. The molecule has 1 aromatic carbocycles. The van der Waals surface area contributed by atoms with Gasteiger partial charge < -0.3 is 15.5 Å². The first kappa shape index (κ1) is 19.1. The Kier molecular flexibility index (Phi) is 8.47. The lowest BCUT2D eigenvalue weighted by atomic mass is 9.99. The second kappa shape index (κ2) is 10.6. The average molecular weight is 349 g/mol. The Hall–Kier alpha value is -1.20. The van der Waals surface area contributed by atoms with Gasteiger partial charge in [0, 0.05) is 25.0 Å². The zero-order valence-electron chi connectivity index (χ0n) is 15.3. The largest absolute Gasteiger partial charge is 0.356 e. The number of thioether (sulfide) groups is 1. The Morgan fingerprint density at radius 1 is 1.21 bits per heavy atom. The molecule has 0 bridgehead atoms. The fourth-order valence-electron chi connectivity index (χ4n) is 2.94. The third-order valence-electron chi connectivity index (χ3n) is 4.66. The van der Waals surface area contributed by atoms with E-state index in [4.69, 9.17) is 0 Å². The standard InChI is InChI=1S/C19H32N4S/c1-16-9-13-23(14-10-16)12-4-11-21-19(20-2)22-15-17-5-7-18(24-3)8-6-17/h5-8,16H,4,9-15H2,1-3H3,(H2,20,21,22). The minimum atomic E-state index is 0.804. The van der Waals surface area contributed by atoms with E-state index in [0.717, 1.165) is 31.4 Å². The number of benzene rings is 1. The Bertz CT molecular complexity index is 493. The van der Waals surface area contributed by atoms with Crippen LogP contribution < -0.4 is 10.6 Å². The monoisotopic (exact) mass is 348 g/mol. The predicted octanol–water partition coefficient (Wildman–Crippen LogP) is 3.20. The Morgan fingerprint density at radius 3 is 2.54 bits per heavy atom. The van der Waals surface area contributed by atoms with Crippen molar-refractivity contribution in [2.45, 2.75) is 37.6 Å². The van der Waals surface area contributed by atoms with Crippen LogP contribution in [0.25, 0.3) is 0 Å². The quantitative estimate of drug-likeness (QED) is 0.344. The zero-order valence-corrected chi connectivity index (χ0v) is 16.2. The van der Waals surface area contributed by atoms with E-state index in [9.17, 15) is 0 Å². The summed E-state index contributed by atoms with van der Waals surface area (Å²) in [6, 6.07) is 8.67. The van der Waals surface area contributed by atoms with Crippen LogP contribution in [0.1, 0.15) is 31.7 Å². The van der Waals surface area contributed by atoms with Gasteiger partial charge in [-0.1, -0.05) is 19.1 Å². The fraction of sp³-hybridized carbons (Fsp3) is 0.632. The lowest BCUT2D eigenvalue weighted by molar-refractivity contribution is 0.191. The molecule has 0 saturated carbocycles. The number of nitrogens with one attached hydrogen (secondary N) is 2. The number of piperidine rings is 1. The first-order valence-electron chi connectivity index (χ1n) is 9.01. The second-order valence-electron chi connectivity index (χ2n) is 6.58. The summed E-state index contributed by atoms with van der Waals surface area (Å²) in [6.07, 6.45) is 5.97. The Morgan fingerprint density at radius 2 is 1.92 bits per heavy atom. The van der Waals surface area contributed by atoms with Gasteiger partial charge >= 0.3 is 0 Å². The first-order valence-corrected chi connectivity index (χ1v) is 10.2. The van der Waals surface area contributed by atoms with Crippen molar-refractivity contribution in [1.29, 1.82) is 0 Å². The topological polar surface area (TPSA) is 39.7 Å². The van der Waals surface area contributed by atoms with E-state index in [0.29, 0.717) is 0 Å². The number of nitrogens with zero attached hydrogens (tertiary/aromatic N) is 2. The Balaban J connectivity index is 1.61. The van der Waals surface area contributed by atoms with E-state index in [1.54, 1.807) is 11.8 Å². The molecule has 0 amide bonds. The number of hydrogen-bond donors (Lipinski definition) is 2. The van der Waals surface area contributed by atoms with Gasteiger partial charge in [-0.05, 0) is 68.8 Å². The summed E-state index contributed by atoms with van der Waals surface area (Å²) in [5.41, 5.74) is 1.28. The summed E-state index contributed by atoms with van der Waals surface area (Å²) < 4.78 is 0. The third kappa shape index (κ3) is 6.73. The maximum absolute atomic E-state index is 4.31. The maximum Gasteiger partial charge on any atom is 0.191 e. The first-order chi connectivity index (χ1) is 11.7. The Labute approximate surface area is 151 Å². The zero-order chi connectivity index (χ0) is 17.2. The highest BCUT2D eigenvalue weighted by atomic mass is 32.2. The van der Waals surface area contributed by atoms with Gasteiger partial charge in [-0.3, -0.25) is 4.99 Å². The van der Waals surface area contributed by atoms with Crippen molar-refractivity contribution in [3.8, 4) is 0 Å². The highest BCUT2D eigenvalue weighted by Gasteiger charge is 2.14. The van der Waals surface area contributed by atoms with Gasteiger partial charge in [-0.25, -0.2) is 0 Å². The molecule has 2 N–H and O–H groups in total. The number of guanidine groups is 1. The molecule has 1 saturated heterocycles. The highest BCUT2D eigenvalue weighted by molar-refractivity contribution is 7.98. The average Bonchev–Trinajstić information content (AvgIpc) is 2.63. The van der Waals surface area contributed by atoms with Crippen molar-refractivity contribution in [1.82, 2.24) is 15.5 Å². The minimum Gasteiger partial charge on any atom is -0.356 e. The molecule has 0 radical (unpaired) electrons. The van der Waals surface area contributed by atoms with Gasteiger partial charge in [0.25, 0.3) is 0 Å². The molecule has 134 valence electrons. The van der Waals surface area contributed by atoms with Gasteiger partial charge in [0.15, 0.2) is 5.96 Å². The van der Waals surface area contributed by atoms with Crippen molar-refractivity contribution < 1.29 is 0 Å². The summed E-state index contributed by atoms with van der Waals surface area (Å²) in [4.78, 5) is 8.20. The minimum absolute atomic E-state index is 0.804. The molecule has 24 heavy (non-hydrogen) atoms. The summed E-state index contributed by atoms with van der Waals surface area (Å²) in [5, 5.41) is 6.80. The molecule has 0 aromatic heterocycles. The molecular weight excluding hydrogens is 316 g/mol. The number of rotatable bonds is 7. The van der Waals surface area contributed by atoms with Crippen LogP contribution in [0.5, 0.6) is 0 Å². The molecule has 0 atom stereocenters. The van der Waals surface area contributed by atoms with Crippen molar-refractivity contribution >= 4 is 17.7 Å². The number of aliphatic imine (C=N–C) groups is 1. The van der Waals surface area contributed by atoms with E-state index >= 15 is 0 Å². The van der Waals surface area contributed by atoms with Gasteiger partial charge in [-0.15, -0.1) is 11.8 Å². The fourth-order valence-corrected chi connectivity index (χ4v) is 3.35. The molecule has 1 fully saturated rings. The van der Waals surface area contributed by atoms with Crippen LogP contribution >= 0.6 is 11.8 Å². The van der Waals surface area contributed by atoms with E-state index in [1.807, 2.05) is 7.05 Å². The molecule has 2 rings (SSSR count). The van der Waals surface area contributed by atoms with E-state index in [-0.39, 0.29) is 0 Å². The lowest BCUT2D eigenvalue weighted by Gasteiger charge is -2.30. The van der Waals surface area contributed by atoms with Crippen LogP contribution in [-0.4, -0.2) is 50.3 Å². The molecule has 1 heterocycles.